The molecule has 1 heterocycles. The van der Waals surface area contributed by atoms with Crippen molar-refractivity contribution in [3.63, 3.8) is 0 Å². The summed E-state index contributed by atoms with van der Waals surface area (Å²) in [6, 6.07) is 4.31. The molecule has 1 aromatic heterocycles. The Morgan fingerprint density at radius 3 is 2.89 bits per heavy atom. The van der Waals surface area contributed by atoms with Crippen LogP contribution in [0.4, 0.5) is 11.5 Å². The van der Waals surface area contributed by atoms with Crippen LogP contribution in [0.2, 0.25) is 0 Å². The third kappa shape index (κ3) is 3.75. The highest BCUT2D eigenvalue weighted by molar-refractivity contribution is 5.53. The van der Waals surface area contributed by atoms with Crippen LogP contribution >= 0.6 is 0 Å². The molecule has 0 spiro atoms. The van der Waals surface area contributed by atoms with E-state index in [0.29, 0.717) is 30.1 Å². The first kappa shape index (κ1) is 14.0. The highest BCUT2D eigenvalue weighted by atomic mass is 16.5. The molecular formula is C15H25N3O. The SMILES string of the molecule is CCOc1nc(NC2CCCCCC2C)ccc1N. The van der Waals surface area contributed by atoms with E-state index < -0.39 is 0 Å². The van der Waals surface area contributed by atoms with E-state index in [-0.39, 0.29) is 0 Å². The van der Waals surface area contributed by atoms with Gasteiger partial charge in [-0.1, -0.05) is 26.2 Å². The lowest BCUT2D eigenvalue weighted by Crippen LogP contribution is -2.26. The molecule has 2 atom stereocenters. The summed E-state index contributed by atoms with van der Waals surface area (Å²) < 4.78 is 5.44. The number of nitrogens with zero attached hydrogens (tertiary/aromatic N) is 1. The van der Waals surface area contributed by atoms with Gasteiger partial charge in [-0.15, -0.1) is 0 Å². The topological polar surface area (TPSA) is 60.2 Å². The number of hydrogen-bond donors (Lipinski definition) is 2. The fourth-order valence-corrected chi connectivity index (χ4v) is 2.68. The molecule has 2 rings (SSSR count). The van der Waals surface area contributed by atoms with Crippen LogP contribution in [-0.4, -0.2) is 17.6 Å². The van der Waals surface area contributed by atoms with Crippen LogP contribution in [-0.2, 0) is 0 Å². The average molecular weight is 263 g/mol. The fourth-order valence-electron chi connectivity index (χ4n) is 2.68. The molecule has 1 saturated carbocycles. The highest BCUT2D eigenvalue weighted by Gasteiger charge is 2.20. The van der Waals surface area contributed by atoms with Gasteiger partial charge in [-0.3, -0.25) is 0 Å². The van der Waals surface area contributed by atoms with Gasteiger partial charge in [-0.05, 0) is 37.8 Å². The molecule has 1 aliphatic carbocycles. The third-order valence-electron chi connectivity index (χ3n) is 3.87. The Morgan fingerprint density at radius 1 is 1.32 bits per heavy atom. The molecule has 1 fully saturated rings. The van der Waals surface area contributed by atoms with E-state index in [4.69, 9.17) is 10.5 Å². The predicted molar refractivity (Wildman–Crippen MR) is 79.5 cm³/mol. The summed E-state index contributed by atoms with van der Waals surface area (Å²) in [5.74, 6) is 2.10. The highest BCUT2D eigenvalue weighted by Crippen LogP contribution is 2.27. The summed E-state index contributed by atoms with van der Waals surface area (Å²) in [7, 11) is 0. The van der Waals surface area contributed by atoms with Crippen LogP contribution in [0.5, 0.6) is 5.88 Å². The van der Waals surface area contributed by atoms with E-state index in [1.54, 1.807) is 0 Å². The molecule has 0 bridgehead atoms. The Hall–Kier alpha value is -1.45. The molecule has 0 amide bonds. The second kappa shape index (κ2) is 6.64. The van der Waals surface area contributed by atoms with Gasteiger partial charge in [-0.25, -0.2) is 0 Å². The van der Waals surface area contributed by atoms with Gasteiger partial charge in [0.15, 0.2) is 0 Å². The number of anilines is 2. The van der Waals surface area contributed by atoms with E-state index in [1.165, 1.54) is 32.1 Å². The lowest BCUT2D eigenvalue weighted by atomic mass is 9.97. The van der Waals surface area contributed by atoms with Crippen LogP contribution in [0.15, 0.2) is 12.1 Å². The summed E-state index contributed by atoms with van der Waals surface area (Å²) in [6.07, 6.45) is 6.51. The molecular weight excluding hydrogens is 238 g/mol. The minimum absolute atomic E-state index is 0.508. The van der Waals surface area contributed by atoms with Crippen LogP contribution in [0.25, 0.3) is 0 Å². The summed E-state index contributed by atoms with van der Waals surface area (Å²) >= 11 is 0. The molecule has 1 aliphatic rings. The van der Waals surface area contributed by atoms with Gasteiger partial charge in [-0.2, -0.15) is 4.98 Å². The summed E-state index contributed by atoms with van der Waals surface area (Å²) in [5, 5.41) is 3.55. The van der Waals surface area contributed by atoms with Gasteiger partial charge in [0.2, 0.25) is 5.88 Å². The second-order valence-corrected chi connectivity index (χ2v) is 5.39. The van der Waals surface area contributed by atoms with E-state index in [0.717, 1.165) is 5.82 Å². The Bertz CT molecular complexity index is 408. The number of rotatable bonds is 4. The quantitative estimate of drug-likeness (QED) is 0.817. The largest absolute Gasteiger partial charge is 0.476 e. The van der Waals surface area contributed by atoms with Crippen LogP contribution < -0.4 is 15.8 Å². The molecule has 0 saturated heterocycles. The van der Waals surface area contributed by atoms with Gasteiger partial charge in [0.1, 0.15) is 5.82 Å². The zero-order valence-electron chi connectivity index (χ0n) is 12.0. The van der Waals surface area contributed by atoms with Gasteiger partial charge >= 0.3 is 0 Å². The van der Waals surface area contributed by atoms with Crippen LogP contribution in [0.1, 0.15) is 46.0 Å². The van der Waals surface area contributed by atoms with Gasteiger partial charge in [0, 0.05) is 6.04 Å². The predicted octanol–water partition coefficient (Wildman–Crippen LogP) is 3.44. The van der Waals surface area contributed by atoms with E-state index in [1.807, 2.05) is 19.1 Å². The number of pyridine rings is 1. The average Bonchev–Trinajstić information content (AvgIpc) is 2.59. The lowest BCUT2D eigenvalue weighted by Gasteiger charge is -2.23. The number of nitrogens with two attached hydrogens (primary N) is 1. The van der Waals surface area contributed by atoms with Crippen molar-refractivity contribution in [2.75, 3.05) is 17.7 Å². The molecule has 0 aromatic carbocycles. The smallest absolute Gasteiger partial charge is 0.239 e. The second-order valence-electron chi connectivity index (χ2n) is 5.39. The zero-order valence-corrected chi connectivity index (χ0v) is 12.0. The Balaban J connectivity index is 2.07. The van der Waals surface area contributed by atoms with Crippen molar-refractivity contribution < 1.29 is 4.74 Å². The van der Waals surface area contributed by atoms with Crippen molar-refractivity contribution in [1.29, 1.82) is 0 Å². The van der Waals surface area contributed by atoms with E-state index >= 15 is 0 Å². The first-order chi connectivity index (χ1) is 9.20. The monoisotopic (exact) mass is 263 g/mol. The number of hydrogen-bond acceptors (Lipinski definition) is 4. The summed E-state index contributed by atoms with van der Waals surface area (Å²) in [5.41, 5.74) is 6.44. The molecule has 106 valence electrons. The molecule has 4 nitrogen and oxygen atoms in total. The van der Waals surface area contributed by atoms with Crippen molar-refractivity contribution in [2.45, 2.75) is 52.0 Å². The number of ether oxygens (including phenoxy) is 1. The van der Waals surface area contributed by atoms with E-state index in [2.05, 4.69) is 17.2 Å². The first-order valence-electron chi connectivity index (χ1n) is 7.36. The molecule has 0 aliphatic heterocycles. The van der Waals surface area contributed by atoms with Crippen LogP contribution in [0, 0.1) is 5.92 Å². The first-order valence-corrected chi connectivity index (χ1v) is 7.36. The number of nitrogen functional groups attached to an aromatic ring is 1. The van der Waals surface area contributed by atoms with Gasteiger partial charge in [0.25, 0.3) is 0 Å². The van der Waals surface area contributed by atoms with Crippen molar-refractivity contribution in [1.82, 2.24) is 4.98 Å². The van der Waals surface area contributed by atoms with Crippen molar-refractivity contribution in [2.24, 2.45) is 5.92 Å². The fraction of sp³-hybridized carbons (Fsp3) is 0.667. The maximum atomic E-state index is 5.85. The molecule has 19 heavy (non-hydrogen) atoms. The summed E-state index contributed by atoms with van der Waals surface area (Å²) in [4.78, 5) is 4.46. The molecule has 3 N–H and O–H groups in total. The van der Waals surface area contributed by atoms with E-state index in [9.17, 15) is 0 Å². The minimum Gasteiger partial charge on any atom is -0.476 e. The number of aromatic nitrogens is 1. The standard InChI is InChI=1S/C15H25N3O/c1-3-19-15-12(16)9-10-14(18-15)17-13-8-6-4-5-7-11(13)2/h9-11,13H,3-8,16H2,1-2H3,(H,17,18). The maximum Gasteiger partial charge on any atom is 0.239 e. The summed E-state index contributed by atoms with van der Waals surface area (Å²) in [6.45, 7) is 4.85. The normalized spacial score (nSPS) is 23.7. The lowest BCUT2D eigenvalue weighted by molar-refractivity contribution is 0.329. The molecule has 2 unspecified atom stereocenters. The Kier molecular flexibility index (Phi) is 4.88. The Labute approximate surface area is 115 Å². The molecule has 1 aromatic rings. The Morgan fingerprint density at radius 2 is 2.11 bits per heavy atom. The van der Waals surface area contributed by atoms with Crippen molar-refractivity contribution >= 4 is 11.5 Å². The van der Waals surface area contributed by atoms with Crippen LogP contribution in [0.3, 0.4) is 0 Å². The minimum atomic E-state index is 0.508. The van der Waals surface area contributed by atoms with Gasteiger partial charge in [0.05, 0.1) is 12.3 Å². The zero-order chi connectivity index (χ0) is 13.7. The van der Waals surface area contributed by atoms with Crippen molar-refractivity contribution in [3.8, 4) is 5.88 Å². The van der Waals surface area contributed by atoms with Gasteiger partial charge < -0.3 is 15.8 Å². The molecule has 4 heteroatoms. The van der Waals surface area contributed by atoms with Crippen molar-refractivity contribution in [3.05, 3.63) is 12.1 Å². The number of nitrogens with one attached hydrogen (secondary N) is 1. The third-order valence-corrected chi connectivity index (χ3v) is 3.87. The molecule has 0 radical (unpaired) electrons. The maximum absolute atomic E-state index is 5.85.